The molecule has 0 saturated carbocycles. The number of methoxy groups -OCH3 is 1. The van der Waals surface area contributed by atoms with Gasteiger partial charge in [0.1, 0.15) is 24.7 Å². The lowest BCUT2D eigenvalue weighted by Gasteiger charge is -2.23. The summed E-state index contributed by atoms with van der Waals surface area (Å²) in [5, 5.41) is 9.22. The number of carboxylic acids is 1. The maximum atomic E-state index is 11.2. The Balaban J connectivity index is 1.60. The number of hydrogen-bond acceptors (Lipinski definition) is 5. The van der Waals surface area contributed by atoms with E-state index in [9.17, 15) is 9.90 Å². The molecule has 1 heterocycles. The highest BCUT2D eigenvalue weighted by atomic mass is 16.5. The molecule has 0 unspecified atom stereocenters. The van der Waals surface area contributed by atoms with Crippen molar-refractivity contribution in [3.63, 3.8) is 0 Å². The molecule has 6 nitrogen and oxygen atoms in total. The van der Waals surface area contributed by atoms with E-state index in [1.807, 2.05) is 42.5 Å². The fraction of sp³-hybridized carbons (Fsp3) is 0.240. The zero-order chi connectivity index (χ0) is 21.8. The predicted molar refractivity (Wildman–Crippen MR) is 117 cm³/mol. The minimum Gasteiger partial charge on any atom is -0.489 e. The quantitative estimate of drug-likeness (QED) is 0.572. The number of fused-ring (bicyclic) bond motifs is 3. The van der Waals surface area contributed by atoms with Gasteiger partial charge in [-0.05, 0) is 34.4 Å². The summed E-state index contributed by atoms with van der Waals surface area (Å²) in [6.45, 7) is 1.68. The van der Waals surface area contributed by atoms with Crippen molar-refractivity contribution >= 4 is 5.97 Å². The SMILES string of the molecule is COCc1ccc(CC(=O)O)c(OCc2ccc3c(c2)-c2cccc(CN)c2OC3)c1. The lowest BCUT2D eigenvalue weighted by molar-refractivity contribution is -0.136. The Morgan fingerprint density at radius 3 is 2.61 bits per heavy atom. The maximum absolute atomic E-state index is 11.2. The Morgan fingerprint density at radius 2 is 1.84 bits per heavy atom. The lowest BCUT2D eigenvalue weighted by Crippen LogP contribution is -2.10. The highest BCUT2D eigenvalue weighted by molar-refractivity contribution is 5.77. The van der Waals surface area contributed by atoms with Crippen LogP contribution in [0.15, 0.2) is 54.6 Å². The van der Waals surface area contributed by atoms with Crippen LogP contribution in [0.25, 0.3) is 11.1 Å². The highest BCUT2D eigenvalue weighted by Crippen LogP contribution is 2.40. The molecule has 1 aliphatic heterocycles. The second-order valence-corrected chi connectivity index (χ2v) is 7.51. The van der Waals surface area contributed by atoms with Crippen LogP contribution in [-0.4, -0.2) is 18.2 Å². The normalized spacial score (nSPS) is 11.9. The minimum absolute atomic E-state index is 0.0979. The van der Waals surface area contributed by atoms with Crippen LogP contribution in [0.1, 0.15) is 27.8 Å². The van der Waals surface area contributed by atoms with E-state index in [-0.39, 0.29) is 6.42 Å². The molecule has 3 aromatic carbocycles. The lowest BCUT2D eigenvalue weighted by atomic mass is 9.93. The summed E-state index contributed by atoms with van der Waals surface area (Å²) >= 11 is 0. The molecule has 3 N–H and O–H groups in total. The van der Waals surface area contributed by atoms with Crippen molar-refractivity contribution in [2.75, 3.05) is 7.11 Å². The van der Waals surface area contributed by atoms with Crippen LogP contribution in [0.2, 0.25) is 0 Å². The van der Waals surface area contributed by atoms with Gasteiger partial charge < -0.3 is 25.1 Å². The summed E-state index contributed by atoms with van der Waals surface area (Å²) in [6.07, 6.45) is -0.0979. The third-order valence-corrected chi connectivity index (χ3v) is 5.33. The number of hydrogen-bond donors (Lipinski definition) is 2. The smallest absolute Gasteiger partial charge is 0.307 e. The summed E-state index contributed by atoms with van der Waals surface area (Å²) in [5.41, 5.74) is 12.7. The molecule has 0 amide bonds. The second-order valence-electron chi connectivity index (χ2n) is 7.51. The second kappa shape index (κ2) is 9.20. The molecule has 1 aliphatic rings. The Morgan fingerprint density at radius 1 is 1.03 bits per heavy atom. The van der Waals surface area contributed by atoms with E-state index in [0.717, 1.165) is 39.1 Å². The summed E-state index contributed by atoms with van der Waals surface area (Å²) < 4.78 is 17.2. The van der Waals surface area contributed by atoms with Gasteiger partial charge in [-0.3, -0.25) is 4.79 Å². The first-order valence-electron chi connectivity index (χ1n) is 10.1. The Bertz CT molecular complexity index is 1110. The number of benzene rings is 3. The van der Waals surface area contributed by atoms with Gasteiger partial charge in [0.05, 0.1) is 13.0 Å². The van der Waals surface area contributed by atoms with E-state index >= 15 is 0 Å². The molecule has 6 heteroatoms. The van der Waals surface area contributed by atoms with Crippen LogP contribution in [0.5, 0.6) is 11.5 Å². The average molecular weight is 419 g/mol. The number of ether oxygens (including phenoxy) is 3. The first-order valence-corrected chi connectivity index (χ1v) is 10.1. The standard InChI is InChI=1S/C25H25NO5/c1-29-13-17-5-7-18(11-24(27)28)23(10-17)30-14-16-6-8-20-15-31-25-19(12-26)3-2-4-21(25)22(20)9-16/h2-10H,11-15,26H2,1H3,(H,27,28). The van der Waals surface area contributed by atoms with E-state index in [2.05, 4.69) is 6.07 Å². The molecular weight excluding hydrogens is 394 g/mol. The molecule has 0 aromatic heterocycles. The van der Waals surface area contributed by atoms with Crippen molar-refractivity contribution in [2.24, 2.45) is 5.73 Å². The minimum atomic E-state index is -0.898. The third-order valence-electron chi connectivity index (χ3n) is 5.33. The van der Waals surface area contributed by atoms with Crippen molar-refractivity contribution in [2.45, 2.75) is 32.8 Å². The third kappa shape index (κ3) is 4.55. The van der Waals surface area contributed by atoms with Gasteiger partial charge in [-0.15, -0.1) is 0 Å². The number of carbonyl (C=O) groups is 1. The summed E-state index contributed by atoms with van der Waals surface area (Å²) in [7, 11) is 1.62. The van der Waals surface area contributed by atoms with Crippen LogP contribution in [-0.2, 0) is 42.3 Å². The summed E-state index contributed by atoms with van der Waals surface area (Å²) in [4.78, 5) is 11.2. The molecule has 4 rings (SSSR count). The molecule has 0 atom stereocenters. The van der Waals surface area contributed by atoms with E-state index in [1.54, 1.807) is 13.2 Å². The van der Waals surface area contributed by atoms with Crippen LogP contribution >= 0.6 is 0 Å². The number of aliphatic carboxylic acids is 1. The van der Waals surface area contributed by atoms with Crippen molar-refractivity contribution < 1.29 is 24.1 Å². The van der Waals surface area contributed by atoms with Crippen LogP contribution in [0.3, 0.4) is 0 Å². The number of para-hydroxylation sites is 1. The molecule has 31 heavy (non-hydrogen) atoms. The predicted octanol–water partition coefficient (Wildman–Crippen LogP) is 4.06. The fourth-order valence-electron chi connectivity index (χ4n) is 3.83. The number of carboxylic acid groups (broad SMARTS) is 1. The van der Waals surface area contributed by atoms with Crippen LogP contribution in [0, 0.1) is 0 Å². The molecule has 0 saturated heterocycles. The van der Waals surface area contributed by atoms with Crippen molar-refractivity contribution in [3.05, 3.63) is 82.4 Å². The Kier molecular flexibility index (Phi) is 6.21. The van der Waals surface area contributed by atoms with Crippen LogP contribution in [0.4, 0.5) is 0 Å². The van der Waals surface area contributed by atoms with E-state index in [0.29, 0.717) is 37.7 Å². The Hall–Kier alpha value is -3.35. The fourth-order valence-corrected chi connectivity index (χ4v) is 3.83. The van der Waals surface area contributed by atoms with Gasteiger partial charge in [0.15, 0.2) is 0 Å². The van der Waals surface area contributed by atoms with Crippen LogP contribution < -0.4 is 15.2 Å². The first-order chi connectivity index (χ1) is 15.1. The van der Waals surface area contributed by atoms with Gasteiger partial charge in [0.2, 0.25) is 0 Å². The van der Waals surface area contributed by atoms with Gasteiger partial charge in [0, 0.05) is 30.3 Å². The summed E-state index contributed by atoms with van der Waals surface area (Å²) in [6, 6.07) is 17.7. The van der Waals surface area contributed by atoms with Gasteiger partial charge in [-0.25, -0.2) is 0 Å². The van der Waals surface area contributed by atoms with E-state index < -0.39 is 5.97 Å². The van der Waals surface area contributed by atoms with Gasteiger partial charge in [-0.1, -0.05) is 42.5 Å². The molecule has 0 bridgehead atoms. The highest BCUT2D eigenvalue weighted by Gasteiger charge is 2.20. The maximum Gasteiger partial charge on any atom is 0.307 e. The Labute approximate surface area is 181 Å². The molecular formula is C25H25NO5. The van der Waals surface area contributed by atoms with Gasteiger partial charge in [-0.2, -0.15) is 0 Å². The van der Waals surface area contributed by atoms with Gasteiger partial charge >= 0.3 is 5.97 Å². The number of rotatable bonds is 8. The average Bonchev–Trinajstić information content (AvgIpc) is 2.78. The molecule has 3 aromatic rings. The first kappa shape index (κ1) is 20.9. The zero-order valence-corrected chi connectivity index (χ0v) is 17.4. The van der Waals surface area contributed by atoms with Crippen molar-refractivity contribution in [1.29, 1.82) is 0 Å². The van der Waals surface area contributed by atoms with Crippen molar-refractivity contribution in [1.82, 2.24) is 0 Å². The van der Waals surface area contributed by atoms with Gasteiger partial charge in [0.25, 0.3) is 0 Å². The van der Waals surface area contributed by atoms with Crippen molar-refractivity contribution in [3.8, 4) is 22.6 Å². The van der Waals surface area contributed by atoms with E-state index in [4.69, 9.17) is 19.9 Å². The molecule has 0 aliphatic carbocycles. The topological polar surface area (TPSA) is 91.0 Å². The number of nitrogens with two attached hydrogens (primary N) is 1. The van der Waals surface area contributed by atoms with E-state index in [1.165, 1.54) is 0 Å². The molecule has 0 spiro atoms. The molecule has 0 fully saturated rings. The molecule has 0 radical (unpaired) electrons. The zero-order valence-electron chi connectivity index (χ0n) is 17.4. The largest absolute Gasteiger partial charge is 0.489 e. The molecule has 160 valence electrons. The summed E-state index contributed by atoms with van der Waals surface area (Å²) in [5.74, 6) is 0.501. The monoisotopic (exact) mass is 419 g/mol.